The van der Waals surface area contributed by atoms with Crippen molar-refractivity contribution in [2.75, 3.05) is 13.2 Å². The molecule has 0 saturated carbocycles. The maximum Gasteiger partial charge on any atom is 0.220 e. The van der Waals surface area contributed by atoms with Gasteiger partial charge in [0.15, 0.2) is 6.29 Å². The zero-order valence-electron chi connectivity index (χ0n) is 30.7. The Bertz CT molecular complexity index is 766. The van der Waals surface area contributed by atoms with E-state index in [4.69, 9.17) is 9.47 Å². The molecule has 0 aliphatic carbocycles. The van der Waals surface area contributed by atoms with Crippen molar-refractivity contribution in [3.63, 3.8) is 0 Å². The smallest absolute Gasteiger partial charge is 0.220 e. The molecule has 1 amide bonds. The van der Waals surface area contributed by atoms with Gasteiger partial charge < -0.3 is 40.3 Å². The lowest BCUT2D eigenvalue weighted by atomic mass is 9.99. The second-order valence-electron chi connectivity index (χ2n) is 14.1. The number of aliphatic hydroxyl groups excluding tert-OH is 5. The zero-order chi connectivity index (χ0) is 35.2. The minimum absolute atomic E-state index is 0.139. The van der Waals surface area contributed by atoms with Crippen LogP contribution in [0.5, 0.6) is 0 Å². The van der Waals surface area contributed by atoms with Crippen LogP contribution >= 0.6 is 0 Å². The van der Waals surface area contributed by atoms with E-state index >= 15 is 0 Å². The maximum atomic E-state index is 12.9. The molecule has 1 saturated heterocycles. The number of carbonyl (C=O) groups excluding carboxylic acids is 1. The number of aliphatic hydroxyl groups is 5. The predicted molar refractivity (Wildman–Crippen MR) is 194 cm³/mol. The van der Waals surface area contributed by atoms with Gasteiger partial charge in [-0.05, 0) is 38.5 Å². The number of carbonyl (C=O) groups is 1. The van der Waals surface area contributed by atoms with Crippen molar-refractivity contribution >= 4 is 5.91 Å². The summed E-state index contributed by atoms with van der Waals surface area (Å²) in [5.74, 6) is -0.155. The van der Waals surface area contributed by atoms with E-state index in [1.165, 1.54) is 96.3 Å². The summed E-state index contributed by atoms with van der Waals surface area (Å²) in [6.45, 7) is 3.78. The van der Waals surface area contributed by atoms with E-state index in [-0.39, 0.29) is 12.5 Å². The fourth-order valence-corrected chi connectivity index (χ4v) is 6.33. The summed E-state index contributed by atoms with van der Waals surface area (Å²) >= 11 is 0. The molecule has 1 rings (SSSR count). The van der Waals surface area contributed by atoms with E-state index in [0.717, 1.165) is 51.4 Å². The van der Waals surface area contributed by atoms with Crippen molar-refractivity contribution in [2.24, 2.45) is 0 Å². The Morgan fingerprint density at radius 1 is 0.688 bits per heavy atom. The van der Waals surface area contributed by atoms with Crippen LogP contribution in [0, 0.1) is 0 Å². The zero-order valence-corrected chi connectivity index (χ0v) is 30.7. The number of allylic oxidation sites excluding steroid dienone is 2. The lowest BCUT2D eigenvalue weighted by molar-refractivity contribution is -0.302. The van der Waals surface area contributed by atoms with Gasteiger partial charge in [-0.2, -0.15) is 0 Å². The molecule has 7 atom stereocenters. The topological polar surface area (TPSA) is 149 Å². The molecule has 48 heavy (non-hydrogen) atoms. The number of hydrogen-bond acceptors (Lipinski definition) is 8. The van der Waals surface area contributed by atoms with E-state index < -0.39 is 49.5 Å². The average Bonchev–Trinajstić information content (AvgIpc) is 3.08. The average molecular weight is 686 g/mol. The van der Waals surface area contributed by atoms with Gasteiger partial charge in [-0.1, -0.05) is 142 Å². The summed E-state index contributed by atoms with van der Waals surface area (Å²) in [4.78, 5) is 12.9. The highest BCUT2D eigenvalue weighted by Crippen LogP contribution is 2.23. The van der Waals surface area contributed by atoms with Gasteiger partial charge in [0, 0.05) is 6.42 Å². The highest BCUT2D eigenvalue weighted by molar-refractivity contribution is 5.76. The molecule has 9 heteroatoms. The number of rotatable bonds is 32. The number of amides is 1. The molecule has 0 spiro atoms. The molecule has 0 bridgehead atoms. The SMILES string of the molecule is CCCCCC/C=C/CCCCCCCC(=O)N[C@@H](CO[C@H]1O[C@@H](CO)[C@H](O)C(O)C1O)[C@H](O)CCCCCCCCCCCCCC. The van der Waals surface area contributed by atoms with Crippen molar-refractivity contribution in [1.29, 1.82) is 0 Å². The van der Waals surface area contributed by atoms with Gasteiger partial charge in [-0.15, -0.1) is 0 Å². The fraction of sp³-hybridized carbons (Fsp3) is 0.923. The highest BCUT2D eigenvalue weighted by Gasteiger charge is 2.44. The molecule has 2 unspecified atom stereocenters. The summed E-state index contributed by atoms with van der Waals surface area (Å²) in [5.41, 5.74) is 0. The Hall–Kier alpha value is -1.07. The summed E-state index contributed by atoms with van der Waals surface area (Å²) < 4.78 is 11.2. The Labute approximate surface area is 293 Å². The Morgan fingerprint density at radius 3 is 1.71 bits per heavy atom. The van der Waals surface area contributed by atoms with Gasteiger partial charge in [-0.25, -0.2) is 0 Å². The van der Waals surface area contributed by atoms with Crippen molar-refractivity contribution in [2.45, 2.75) is 217 Å². The van der Waals surface area contributed by atoms with Crippen molar-refractivity contribution < 1.29 is 39.8 Å². The first-order valence-corrected chi connectivity index (χ1v) is 19.9. The summed E-state index contributed by atoms with van der Waals surface area (Å²) in [7, 11) is 0. The first kappa shape index (κ1) is 45.0. The van der Waals surface area contributed by atoms with Crippen LogP contribution in [0.2, 0.25) is 0 Å². The molecule has 1 fully saturated rings. The van der Waals surface area contributed by atoms with Gasteiger partial charge in [0.1, 0.15) is 24.4 Å². The largest absolute Gasteiger partial charge is 0.394 e. The Kier molecular flexibility index (Phi) is 28.8. The van der Waals surface area contributed by atoms with E-state index in [0.29, 0.717) is 12.8 Å². The molecule has 0 aromatic heterocycles. The van der Waals surface area contributed by atoms with Crippen LogP contribution in [0.4, 0.5) is 0 Å². The highest BCUT2D eigenvalue weighted by atomic mass is 16.7. The third-order valence-corrected chi connectivity index (χ3v) is 9.62. The molecule has 0 aromatic carbocycles. The van der Waals surface area contributed by atoms with Crippen LogP contribution in [0.1, 0.15) is 174 Å². The maximum absolute atomic E-state index is 12.9. The van der Waals surface area contributed by atoms with E-state index in [9.17, 15) is 30.3 Å². The molecule has 284 valence electrons. The lowest BCUT2D eigenvalue weighted by Crippen LogP contribution is -2.60. The first-order chi connectivity index (χ1) is 23.3. The molecule has 6 N–H and O–H groups in total. The van der Waals surface area contributed by atoms with E-state index in [1.807, 2.05) is 0 Å². The molecule has 1 aliphatic heterocycles. The van der Waals surface area contributed by atoms with E-state index in [1.54, 1.807) is 0 Å². The molecule has 1 heterocycles. The molecule has 0 aromatic rings. The second-order valence-corrected chi connectivity index (χ2v) is 14.1. The second kappa shape index (κ2) is 30.7. The number of ether oxygens (including phenoxy) is 2. The quantitative estimate of drug-likeness (QED) is 0.0328. The Morgan fingerprint density at radius 2 is 1.17 bits per heavy atom. The molecule has 0 radical (unpaired) electrons. The first-order valence-electron chi connectivity index (χ1n) is 19.9. The minimum atomic E-state index is -1.55. The van der Waals surface area contributed by atoms with Gasteiger partial charge in [0.2, 0.25) is 5.91 Å². The summed E-state index contributed by atoms with van der Waals surface area (Å²) in [6.07, 6.45) is 25.0. The Balaban J connectivity index is 2.42. The molecule has 9 nitrogen and oxygen atoms in total. The van der Waals surface area contributed by atoms with Crippen LogP contribution in [0.3, 0.4) is 0 Å². The van der Waals surface area contributed by atoms with Crippen LogP contribution < -0.4 is 5.32 Å². The minimum Gasteiger partial charge on any atom is -0.394 e. The lowest BCUT2D eigenvalue weighted by Gasteiger charge is -2.40. The number of nitrogens with one attached hydrogen (secondary N) is 1. The summed E-state index contributed by atoms with van der Waals surface area (Å²) in [6, 6.07) is -0.716. The third kappa shape index (κ3) is 21.9. The molecular formula is C39H75NO8. The van der Waals surface area contributed by atoms with Gasteiger partial charge in [0.05, 0.1) is 25.4 Å². The van der Waals surface area contributed by atoms with Crippen LogP contribution in [-0.2, 0) is 14.3 Å². The van der Waals surface area contributed by atoms with Crippen LogP contribution in [0.15, 0.2) is 12.2 Å². The molecular weight excluding hydrogens is 610 g/mol. The van der Waals surface area contributed by atoms with E-state index in [2.05, 4.69) is 31.3 Å². The van der Waals surface area contributed by atoms with Crippen molar-refractivity contribution in [3.8, 4) is 0 Å². The number of hydrogen-bond donors (Lipinski definition) is 6. The third-order valence-electron chi connectivity index (χ3n) is 9.62. The van der Waals surface area contributed by atoms with Gasteiger partial charge >= 0.3 is 0 Å². The van der Waals surface area contributed by atoms with Gasteiger partial charge in [0.25, 0.3) is 0 Å². The standard InChI is InChI=1S/C39H75NO8/c1-3-5-7-9-11-13-15-17-19-21-23-25-27-29-35(43)40-32(31-47-39-38(46)37(45)36(44)34(30-41)48-39)33(42)28-26-24-22-20-18-16-14-12-10-8-6-4-2/h13,15,32-34,36-39,41-42,44-46H,3-12,14,16-31H2,1-2H3,(H,40,43)/b15-13+/t32-,33+,34-,36-,37?,38?,39-/m0/s1. The number of unbranched alkanes of at least 4 members (excludes halogenated alkanes) is 20. The van der Waals surface area contributed by atoms with Crippen LogP contribution in [0.25, 0.3) is 0 Å². The summed E-state index contributed by atoms with van der Waals surface area (Å²) in [5, 5.41) is 54.0. The van der Waals surface area contributed by atoms with Crippen molar-refractivity contribution in [1.82, 2.24) is 5.32 Å². The van der Waals surface area contributed by atoms with Crippen LogP contribution in [-0.4, -0.2) is 87.5 Å². The normalized spacial score (nSPS) is 22.7. The monoisotopic (exact) mass is 686 g/mol. The predicted octanol–water partition coefficient (Wildman–Crippen LogP) is 7.00. The fourth-order valence-electron chi connectivity index (χ4n) is 6.33. The van der Waals surface area contributed by atoms with Crippen molar-refractivity contribution in [3.05, 3.63) is 12.2 Å². The van der Waals surface area contributed by atoms with Gasteiger partial charge in [-0.3, -0.25) is 4.79 Å². The molecule has 1 aliphatic rings.